The highest BCUT2D eigenvalue weighted by Gasteiger charge is 2.26. The van der Waals surface area contributed by atoms with Gasteiger partial charge in [-0.25, -0.2) is 0 Å². The Kier molecular flexibility index (Phi) is 4.65. The van der Waals surface area contributed by atoms with E-state index in [-0.39, 0.29) is 0 Å². The number of nitrogens with zero attached hydrogens (tertiary/aromatic N) is 1. The Morgan fingerprint density at radius 2 is 2.06 bits per heavy atom. The predicted molar refractivity (Wildman–Crippen MR) is 79.3 cm³/mol. The molecule has 1 N–H and O–H groups in total. The number of hydrogen-bond donors (Lipinski definition) is 1. The maximum Gasteiger partial charge on any atom is 0.0412 e. The number of rotatable bonds is 4. The van der Waals surface area contributed by atoms with Crippen LogP contribution < -0.4 is 10.2 Å². The van der Waals surface area contributed by atoms with Crippen LogP contribution in [0.5, 0.6) is 0 Å². The van der Waals surface area contributed by atoms with Gasteiger partial charge >= 0.3 is 0 Å². The van der Waals surface area contributed by atoms with E-state index in [9.17, 15) is 0 Å². The first-order chi connectivity index (χ1) is 8.76. The maximum atomic E-state index is 3.70. The number of hydrogen-bond acceptors (Lipinski definition) is 2. The Hall–Kier alpha value is -1.02. The van der Waals surface area contributed by atoms with E-state index < -0.39 is 0 Å². The number of benzene rings is 1. The number of anilines is 1. The van der Waals surface area contributed by atoms with E-state index in [1.165, 1.54) is 30.5 Å². The highest BCUT2D eigenvalue weighted by atomic mass is 15.2. The third-order valence-corrected chi connectivity index (χ3v) is 4.03. The molecule has 0 spiro atoms. The van der Waals surface area contributed by atoms with Crippen LogP contribution >= 0.6 is 0 Å². The van der Waals surface area contributed by atoms with Gasteiger partial charge in [-0.05, 0) is 31.4 Å². The summed E-state index contributed by atoms with van der Waals surface area (Å²) in [6.07, 6.45) is 3.75. The van der Waals surface area contributed by atoms with Gasteiger partial charge in [0.2, 0.25) is 0 Å². The van der Waals surface area contributed by atoms with Crippen molar-refractivity contribution in [1.29, 1.82) is 0 Å². The van der Waals surface area contributed by atoms with Gasteiger partial charge in [0, 0.05) is 30.9 Å². The molecule has 100 valence electrons. The zero-order valence-electron chi connectivity index (χ0n) is 11.9. The molecular formula is C16H26N2. The third kappa shape index (κ3) is 2.86. The van der Waals surface area contributed by atoms with Crippen LogP contribution in [0.3, 0.4) is 0 Å². The molecule has 2 rings (SSSR count). The third-order valence-electron chi connectivity index (χ3n) is 4.03. The van der Waals surface area contributed by atoms with Crippen molar-refractivity contribution in [2.75, 3.05) is 18.0 Å². The lowest BCUT2D eigenvalue weighted by molar-refractivity contribution is 0.369. The van der Waals surface area contributed by atoms with Crippen LogP contribution in [0.25, 0.3) is 0 Å². The topological polar surface area (TPSA) is 15.3 Å². The molecule has 2 atom stereocenters. The van der Waals surface area contributed by atoms with Gasteiger partial charge in [0.1, 0.15) is 0 Å². The summed E-state index contributed by atoms with van der Waals surface area (Å²) in [5.74, 6) is 0. The monoisotopic (exact) mass is 246 g/mol. The summed E-state index contributed by atoms with van der Waals surface area (Å²) < 4.78 is 0. The smallest absolute Gasteiger partial charge is 0.0412 e. The van der Waals surface area contributed by atoms with Crippen molar-refractivity contribution in [3.8, 4) is 0 Å². The average Bonchev–Trinajstić information content (AvgIpc) is 2.40. The highest BCUT2D eigenvalue weighted by molar-refractivity contribution is 5.54. The van der Waals surface area contributed by atoms with E-state index in [1.54, 1.807) is 0 Å². The first-order valence-corrected chi connectivity index (χ1v) is 7.31. The molecule has 0 bridgehead atoms. The normalized spacial score (nSPS) is 24.3. The molecule has 1 aromatic rings. The molecule has 1 heterocycles. The highest BCUT2D eigenvalue weighted by Crippen LogP contribution is 2.25. The standard InChI is InChI=1S/C16H26N2/c1-4-8-14-12-18(15(5-2)11-17-14)16-10-7-6-9-13(16)3/h6-7,9-10,14-15,17H,4-5,8,11-12H2,1-3H3. The van der Waals surface area contributed by atoms with Gasteiger partial charge in [-0.15, -0.1) is 0 Å². The largest absolute Gasteiger partial charge is 0.366 e. The van der Waals surface area contributed by atoms with Crippen molar-refractivity contribution in [3.05, 3.63) is 29.8 Å². The zero-order valence-corrected chi connectivity index (χ0v) is 11.9. The first kappa shape index (κ1) is 13.4. The molecule has 0 radical (unpaired) electrons. The fourth-order valence-electron chi connectivity index (χ4n) is 2.95. The number of para-hydroxylation sites is 1. The van der Waals surface area contributed by atoms with Crippen molar-refractivity contribution in [2.24, 2.45) is 0 Å². The van der Waals surface area contributed by atoms with Crippen molar-refractivity contribution in [1.82, 2.24) is 5.32 Å². The molecule has 0 aromatic heterocycles. The van der Waals surface area contributed by atoms with E-state index >= 15 is 0 Å². The minimum absolute atomic E-state index is 0.638. The zero-order chi connectivity index (χ0) is 13.0. The van der Waals surface area contributed by atoms with Gasteiger partial charge in [0.05, 0.1) is 0 Å². The van der Waals surface area contributed by atoms with Crippen molar-refractivity contribution < 1.29 is 0 Å². The second kappa shape index (κ2) is 6.24. The van der Waals surface area contributed by atoms with Gasteiger partial charge in [0.25, 0.3) is 0 Å². The Morgan fingerprint density at radius 1 is 1.28 bits per heavy atom. The van der Waals surface area contributed by atoms with Crippen LogP contribution in [0.15, 0.2) is 24.3 Å². The molecule has 1 aliphatic heterocycles. The molecule has 1 aromatic carbocycles. The first-order valence-electron chi connectivity index (χ1n) is 7.31. The lowest BCUT2D eigenvalue weighted by atomic mass is 10.0. The lowest BCUT2D eigenvalue weighted by Crippen LogP contribution is -2.56. The molecule has 2 unspecified atom stereocenters. The SMILES string of the molecule is CCCC1CN(c2ccccc2C)C(CC)CN1. The fraction of sp³-hybridized carbons (Fsp3) is 0.625. The maximum absolute atomic E-state index is 3.70. The molecule has 1 aliphatic rings. The Morgan fingerprint density at radius 3 is 2.72 bits per heavy atom. The van der Waals surface area contributed by atoms with Crippen LogP contribution in [-0.4, -0.2) is 25.2 Å². The van der Waals surface area contributed by atoms with Gasteiger partial charge < -0.3 is 10.2 Å². The molecule has 0 aliphatic carbocycles. The Bertz CT molecular complexity index is 375. The summed E-state index contributed by atoms with van der Waals surface area (Å²) in [5.41, 5.74) is 2.82. The van der Waals surface area contributed by atoms with Crippen molar-refractivity contribution in [3.63, 3.8) is 0 Å². The van der Waals surface area contributed by atoms with Crippen LogP contribution in [0.4, 0.5) is 5.69 Å². The Labute approximate surface area is 111 Å². The molecule has 1 fully saturated rings. The molecule has 2 nitrogen and oxygen atoms in total. The second-order valence-electron chi connectivity index (χ2n) is 5.39. The number of nitrogens with one attached hydrogen (secondary N) is 1. The molecule has 18 heavy (non-hydrogen) atoms. The lowest BCUT2D eigenvalue weighted by Gasteiger charge is -2.42. The van der Waals surface area contributed by atoms with E-state index in [4.69, 9.17) is 0 Å². The van der Waals surface area contributed by atoms with Gasteiger partial charge in [-0.3, -0.25) is 0 Å². The van der Waals surface area contributed by atoms with E-state index in [2.05, 4.69) is 55.3 Å². The predicted octanol–water partition coefficient (Wildman–Crippen LogP) is 3.35. The summed E-state index contributed by atoms with van der Waals surface area (Å²) in [4.78, 5) is 2.62. The fourth-order valence-corrected chi connectivity index (χ4v) is 2.95. The Balaban J connectivity index is 2.18. The quantitative estimate of drug-likeness (QED) is 0.876. The molecular weight excluding hydrogens is 220 g/mol. The van der Waals surface area contributed by atoms with Crippen LogP contribution in [-0.2, 0) is 0 Å². The van der Waals surface area contributed by atoms with Crippen LogP contribution in [0, 0.1) is 6.92 Å². The van der Waals surface area contributed by atoms with Crippen molar-refractivity contribution in [2.45, 2.75) is 52.1 Å². The molecule has 0 saturated carbocycles. The summed E-state index contributed by atoms with van der Waals surface area (Å²) in [6.45, 7) is 9.05. The summed E-state index contributed by atoms with van der Waals surface area (Å²) in [7, 11) is 0. The van der Waals surface area contributed by atoms with Gasteiger partial charge in [-0.2, -0.15) is 0 Å². The number of aryl methyl sites for hydroxylation is 1. The van der Waals surface area contributed by atoms with E-state index in [0.717, 1.165) is 13.1 Å². The van der Waals surface area contributed by atoms with Gasteiger partial charge in [0.15, 0.2) is 0 Å². The minimum atomic E-state index is 0.638. The van der Waals surface area contributed by atoms with E-state index in [0.29, 0.717) is 12.1 Å². The molecule has 1 saturated heterocycles. The van der Waals surface area contributed by atoms with E-state index in [1.807, 2.05) is 0 Å². The summed E-state index contributed by atoms with van der Waals surface area (Å²) in [6, 6.07) is 10.1. The summed E-state index contributed by atoms with van der Waals surface area (Å²) in [5, 5.41) is 3.70. The molecule has 0 amide bonds. The number of piperazine rings is 1. The average molecular weight is 246 g/mol. The van der Waals surface area contributed by atoms with Gasteiger partial charge in [-0.1, -0.05) is 38.5 Å². The van der Waals surface area contributed by atoms with Crippen LogP contribution in [0.2, 0.25) is 0 Å². The second-order valence-corrected chi connectivity index (χ2v) is 5.39. The minimum Gasteiger partial charge on any atom is -0.366 e. The summed E-state index contributed by atoms with van der Waals surface area (Å²) >= 11 is 0. The van der Waals surface area contributed by atoms with Crippen molar-refractivity contribution >= 4 is 5.69 Å². The van der Waals surface area contributed by atoms with Crippen LogP contribution in [0.1, 0.15) is 38.7 Å². The molecule has 2 heteroatoms.